The molecular formula is C10H7F3O4. The molecule has 0 saturated heterocycles. The molecule has 0 atom stereocenters. The van der Waals surface area contributed by atoms with Crippen LogP contribution in [0, 0.1) is 5.82 Å². The highest BCUT2D eigenvalue weighted by Gasteiger charge is 2.17. The molecule has 0 aliphatic carbocycles. The minimum absolute atomic E-state index is 0.00159. The smallest absolute Gasteiger partial charge is 0.387 e. The third-order valence-electron chi connectivity index (χ3n) is 1.90. The minimum Gasteiger partial charge on any atom is -0.481 e. The van der Waals surface area contributed by atoms with Gasteiger partial charge in [-0.3, -0.25) is 9.59 Å². The maximum absolute atomic E-state index is 13.5. The minimum atomic E-state index is -3.20. The Morgan fingerprint density at radius 3 is 2.59 bits per heavy atom. The van der Waals surface area contributed by atoms with Crippen molar-refractivity contribution in [2.24, 2.45) is 0 Å². The van der Waals surface area contributed by atoms with Gasteiger partial charge in [-0.05, 0) is 11.6 Å². The molecule has 92 valence electrons. The maximum Gasteiger partial charge on any atom is 0.387 e. The monoisotopic (exact) mass is 248 g/mol. The summed E-state index contributed by atoms with van der Waals surface area (Å²) in [6.45, 7) is -3.20. The lowest BCUT2D eigenvalue weighted by Gasteiger charge is -2.09. The molecule has 1 aromatic carbocycles. The summed E-state index contributed by atoms with van der Waals surface area (Å²) in [5.41, 5.74) is -0.995. The van der Waals surface area contributed by atoms with E-state index >= 15 is 0 Å². The summed E-state index contributed by atoms with van der Waals surface area (Å²) in [5, 5.41) is 8.46. The number of alkyl halides is 2. The number of aliphatic carboxylic acids is 1. The Kier molecular flexibility index (Phi) is 4.08. The second-order valence-corrected chi connectivity index (χ2v) is 3.02. The number of benzene rings is 1. The summed E-state index contributed by atoms with van der Waals surface area (Å²) >= 11 is 0. The number of carboxylic acid groups (broad SMARTS) is 1. The predicted molar refractivity (Wildman–Crippen MR) is 49.8 cm³/mol. The highest BCUT2D eigenvalue weighted by Crippen LogP contribution is 2.24. The van der Waals surface area contributed by atoms with Gasteiger partial charge in [0.15, 0.2) is 6.29 Å². The number of rotatable bonds is 5. The molecule has 0 heterocycles. The van der Waals surface area contributed by atoms with Crippen LogP contribution in [-0.4, -0.2) is 24.0 Å². The number of carboxylic acids is 1. The molecule has 0 aromatic heterocycles. The number of carbonyl (C=O) groups excluding carboxylic acids is 1. The molecule has 0 amide bonds. The lowest BCUT2D eigenvalue weighted by Crippen LogP contribution is -2.09. The van der Waals surface area contributed by atoms with Gasteiger partial charge in [0.2, 0.25) is 0 Å². The molecule has 17 heavy (non-hydrogen) atoms. The van der Waals surface area contributed by atoms with Crippen LogP contribution in [0.5, 0.6) is 5.75 Å². The van der Waals surface area contributed by atoms with Crippen LogP contribution >= 0.6 is 0 Å². The summed E-state index contributed by atoms with van der Waals surface area (Å²) in [5.74, 6) is -3.09. The lowest BCUT2D eigenvalue weighted by atomic mass is 10.1. The van der Waals surface area contributed by atoms with Crippen LogP contribution < -0.4 is 4.74 Å². The van der Waals surface area contributed by atoms with Gasteiger partial charge in [0.05, 0.1) is 12.0 Å². The number of ether oxygens (including phenoxy) is 1. The molecule has 1 aromatic rings. The molecule has 0 radical (unpaired) electrons. The van der Waals surface area contributed by atoms with E-state index in [4.69, 9.17) is 5.11 Å². The second-order valence-electron chi connectivity index (χ2n) is 3.02. The van der Waals surface area contributed by atoms with Gasteiger partial charge in [0, 0.05) is 0 Å². The normalized spacial score (nSPS) is 10.4. The standard InChI is InChI=1S/C10H7F3O4/c11-9-5(3-8(15)16)1-2-7(6(9)4-14)17-10(12)13/h1-2,4,10H,3H2,(H,15,16). The van der Waals surface area contributed by atoms with Crippen molar-refractivity contribution in [3.05, 3.63) is 29.1 Å². The van der Waals surface area contributed by atoms with Crippen molar-refractivity contribution in [2.75, 3.05) is 0 Å². The van der Waals surface area contributed by atoms with Crippen LogP contribution in [0.4, 0.5) is 13.2 Å². The van der Waals surface area contributed by atoms with Crippen molar-refractivity contribution in [3.63, 3.8) is 0 Å². The third-order valence-corrected chi connectivity index (χ3v) is 1.90. The summed E-state index contributed by atoms with van der Waals surface area (Å²) < 4.78 is 41.3. The highest BCUT2D eigenvalue weighted by atomic mass is 19.3. The van der Waals surface area contributed by atoms with Gasteiger partial charge >= 0.3 is 12.6 Å². The van der Waals surface area contributed by atoms with E-state index in [0.29, 0.717) is 0 Å². The number of aldehydes is 1. The van der Waals surface area contributed by atoms with Gasteiger partial charge in [-0.2, -0.15) is 8.78 Å². The molecule has 0 bridgehead atoms. The van der Waals surface area contributed by atoms with E-state index in [-0.39, 0.29) is 11.8 Å². The molecule has 0 aliphatic rings. The quantitative estimate of drug-likeness (QED) is 0.808. The van der Waals surface area contributed by atoms with Gasteiger partial charge in [0.25, 0.3) is 0 Å². The Bertz CT molecular complexity index is 445. The zero-order valence-corrected chi connectivity index (χ0v) is 8.32. The van der Waals surface area contributed by atoms with Crippen molar-refractivity contribution in [2.45, 2.75) is 13.0 Å². The Morgan fingerprint density at radius 2 is 2.12 bits per heavy atom. The first kappa shape index (κ1) is 13.0. The van der Waals surface area contributed by atoms with E-state index in [0.717, 1.165) is 12.1 Å². The van der Waals surface area contributed by atoms with E-state index < -0.39 is 36.1 Å². The Hall–Kier alpha value is -2.05. The van der Waals surface area contributed by atoms with Gasteiger partial charge in [-0.15, -0.1) is 0 Å². The van der Waals surface area contributed by atoms with Gasteiger partial charge in [0.1, 0.15) is 11.6 Å². The van der Waals surface area contributed by atoms with E-state index in [9.17, 15) is 22.8 Å². The third kappa shape index (κ3) is 3.20. The predicted octanol–water partition coefficient (Wildman–Crippen LogP) is 1.87. The summed E-state index contributed by atoms with van der Waals surface area (Å²) in [7, 11) is 0. The number of hydrogen-bond donors (Lipinski definition) is 1. The molecule has 0 aliphatic heterocycles. The van der Waals surface area contributed by atoms with E-state index in [1.165, 1.54) is 0 Å². The Labute approximate surface area is 93.6 Å². The maximum atomic E-state index is 13.5. The Morgan fingerprint density at radius 1 is 1.47 bits per heavy atom. The van der Waals surface area contributed by atoms with Crippen LogP contribution in [0.25, 0.3) is 0 Å². The van der Waals surface area contributed by atoms with Crippen molar-refractivity contribution in [1.29, 1.82) is 0 Å². The van der Waals surface area contributed by atoms with Crippen molar-refractivity contribution in [3.8, 4) is 5.75 Å². The van der Waals surface area contributed by atoms with Crippen molar-refractivity contribution >= 4 is 12.3 Å². The van der Waals surface area contributed by atoms with E-state index in [2.05, 4.69) is 4.74 Å². The van der Waals surface area contributed by atoms with E-state index in [1.54, 1.807) is 0 Å². The van der Waals surface area contributed by atoms with Crippen LogP contribution in [0.1, 0.15) is 15.9 Å². The van der Waals surface area contributed by atoms with Gasteiger partial charge in [-0.25, -0.2) is 4.39 Å². The molecular weight excluding hydrogens is 241 g/mol. The molecule has 1 rings (SSSR count). The number of carbonyl (C=O) groups is 2. The molecule has 1 N–H and O–H groups in total. The number of hydrogen-bond acceptors (Lipinski definition) is 3. The fourth-order valence-electron chi connectivity index (χ4n) is 1.23. The molecule has 0 saturated carbocycles. The molecule has 0 fully saturated rings. The first-order valence-electron chi connectivity index (χ1n) is 4.39. The first-order chi connectivity index (χ1) is 7.95. The largest absolute Gasteiger partial charge is 0.481 e. The summed E-state index contributed by atoms with van der Waals surface area (Å²) in [4.78, 5) is 20.9. The SMILES string of the molecule is O=Cc1c(OC(F)F)ccc(CC(=O)O)c1F. The fourth-order valence-corrected chi connectivity index (χ4v) is 1.23. The van der Waals surface area contributed by atoms with E-state index in [1.807, 2.05) is 0 Å². The van der Waals surface area contributed by atoms with Crippen molar-refractivity contribution in [1.82, 2.24) is 0 Å². The average Bonchev–Trinajstić information content (AvgIpc) is 2.21. The summed E-state index contributed by atoms with van der Waals surface area (Å²) in [6.07, 6.45) is -0.653. The Balaban J connectivity index is 3.17. The number of halogens is 3. The van der Waals surface area contributed by atoms with Crippen LogP contribution in [0.2, 0.25) is 0 Å². The average molecular weight is 248 g/mol. The zero-order chi connectivity index (χ0) is 13.0. The lowest BCUT2D eigenvalue weighted by molar-refractivity contribution is -0.136. The van der Waals surface area contributed by atoms with Gasteiger partial charge in [-0.1, -0.05) is 6.07 Å². The molecule has 0 unspecified atom stereocenters. The first-order valence-corrected chi connectivity index (χ1v) is 4.39. The van der Waals surface area contributed by atoms with Crippen molar-refractivity contribution < 1.29 is 32.6 Å². The molecule has 0 spiro atoms. The second kappa shape index (κ2) is 5.33. The molecule has 4 nitrogen and oxygen atoms in total. The van der Waals surface area contributed by atoms with Crippen LogP contribution in [0.3, 0.4) is 0 Å². The topological polar surface area (TPSA) is 63.6 Å². The molecule has 7 heteroatoms. The fraction of sp³-hybridized carbons (Fsp3) is 0.200. The highest BCUT2D eigenvalue weighted by molar-refractivity contribution is 5.81. The summed E-state index contributed by atoms with van der Waals surface area (Å²) in [6, 6.07) is 1.91. The zero-order valence-electron chi connectivity index (χ0n) is 8.32. The van der Waals surface area contributed by atoms with Crippen LogP contribution in [-0.2, 0) is 11.2 Å². The van der Waals surface area contributed by atoms with Crippen LogP contribution in [0.15, 0.2) is 12.1 Å². The van der Waals surface area contributed by atoms with Gasteiger partial charge < -0.3 is 9.84 Å².